The number of benzene rings is 2. The van der Waals surface area contributed by atoms with E-state index in [4.69, 9.17) is 32.0 Å². The van der Waals surface area contributed by atoms with E-state index in [1.807, 2.05) is 24.3 Å². The Hall–Kier alpha value is -2.40. The number of hydrogen-bond donors (Lipinski definition) is 2. The van der Waals surface area contributed by atoms with E-state index in [1.165, 1.54) is 0 Å². The molecule has 0 radical (unpaired) electrons. The van der Waals surface area contributed by atoms with Crippen molar-refractivity contribution in [3.05, 3.63) is 58.6 Å². The molecule has 0 aliphatic heterocycles. The standard InChI is InChI=1S/C15H15ClN2O3/c1-20-12-4-2-3-10(7-12)9-21-14-6-5-11(16)8-13(14)15(17)18-19/h2-8,19H,9H2,1H3,(H2,17,18). The molecule has 0 heterocycles. The summed E-state index contributed by atoms with van der Waals surface area (Å²) in [5.41, 5.74) is 7.00. The highest BCUT2D eigenvalue weighted by Crippen LogP contribution is 2.24. The molecule has 0 saturated heterocycles. The molecule has 2 aromatic rings. The monoisotopic (exact) mass is 306 g/mol. The van der Waals surface area contributed by atoms with Gasteiger partial charge in [-0.15, -0.1) is 0 Å². The van der Waals surface area contributed by atoms with Crippen LogP contribution in [0.15, 0.2) is 47.6 Å². The van der Waals surface area contributed by atoms with Crippen molar-refractivity contribution in [2.75, 3.05) is 7.11 Å². The topological polar surface area (TPSA) is 77.1 Å². The van der Waals surface area contributed by atoms with E-state index in [0.29, 0.717) is 22.9 Å². The maximum absolute atomic E-state index is 8.80. The first-order valence-electron chi connectivity index (χ1n) is 6.17. The molecule has 0 saturated carbocycles. The fourth-order valence-electron chi connectivity index (χ4n) is 1.81. The molecule has 0 atom stereocenters. The molecule has 0 aromatic heterocycles. The average molecular weight is 307 g/mol. The zero-order chi connectivity index (χ0) is 15.2. The first-order valence-corrected chi connectivity index (χ1v) is 6.55. The van der Waals surface area contributed by atoms with E-state index >= 15 is 0 Å². The second-order valence-electron chi connectivity index (χ2n) is 4.27. The van der Waals surface area contributed by atoms with Crippen molar-refractivity contribution in [1.29, 1.82) is 0 Å². The lowest BCUT2D eigenvalue weighted by atomic mass is 10.2. The number of hydrogen-bond acceptors (Lipinski definition) is 4. The van der Waals surface area contributed by atoms with Gasteiger partial charge in [0.25, 0.3) is 0 Å². The normalized spacial score (nSPS) is 11.2. The molecule has 0 bridgehead atoms. The summed E-state index contributed by atoms with van der Waals surface area (Å²) in [6, 6.07) is 12.5. The van der Waals surface area contributed by atoms with Crippen molar-refractivity contribution in [1.82, 2.24) is 0 Å². The van der Waals surface area contributed by atoms with E-state index in [-0.39, 0.29) is 5.84 Å². The predicted molar refractivity (Wildman–Crippen MR) is 81.3 cm³/mol. The van der Waals surface area contributed by atoms with Gasteiger partial charge in [-0.25, -0.2) is 0 Å². The number of nitrogens with two attached hydrogens (primary N) is 1. The zero-order valence-electron chi connectivity index (χ0n) is 11.4. The lowest BCUT2D eigenvalue weighted by Gasteiger charge is -2.11. The SMILES string of the molecule is COc1cccc(COc2ccc(Cl)cc2C(N)=NO)c1. The predicted octanol–water partition coefficient (Wildman–Crippen LogP) is 3.02. The molecule has 0 aliphatic rings. The summed E-state index contributed by atoms with van der Waals surface area (Å²) in [7, 11) is 1.61. The second kappa shape index (κ2) is 6.85. The molecule has 0 aliphatic carbocycles. The summed E-state index contributed by atoms with van der Waals surface area (Å²) in [5, 5.41) is 12.3. The van der Waals surface area contributed by atoms with Gasteiger partial charge in [0.2, 0.25) is 0 Å². The van der Waals surface area contributed by atoms with Crippen LogP contribution >= 0.6 is 11.6 Å². The molecular weight excluding hydrogens is 292 g/mol. The minimum absolute atomic E-state index is 0.0573. The summed E-state index contributed by atoms with van der Waals surface area (Å²) in [5.74, 6) is 1.18. The van der Waals surface area contributed by atoms with Gasteiger partial charge < -0.3 is 20.4 Å². The summed E-state index contributed by atoms with van der Waals surface area (Å²) in [4.78, 5) is 0. The van der Waals surface area contributed by atoms with Crippen LogP contribution in [-0.4, -0.2) is 18.2 Å². The van der Waals surface area contributed by atoms with Crippen molar-refractivity contribution < 1.29 is 14.7 Å². The van der Waals surface area contributed by atoms with E-state index in [9.17, 15) is 0 Å². The number of methoxy groups -OCH3 is 1. The Morgan fingerprint density at radius 2 is 2.10 bits per heavy atom. The third-order valence-corrected chi connectivity index (χ3v) is 3.09. The van der Waals surface area contributed by atoms with Crippen molar-refractivity contribution >= 4 is 17.4 Å². The van der Waals surface area contributed by atoms with Gasteiger partial charge in [-0.3, -0.25) is 0 Å². The first-order chi connectivity index (χ1) is 10.1. The maximum Gasteiger partial charge on any atom is 0.173 e. The molecule has 0 spiro atoms. The third-order valence-electron chi connectivity index (χ3n) is 2.85. The fourth-order valence-corrected chi connectivity index (χ4v) is 1.98. The van der Waals surface area contributed by atoms with Gasteiger partial charge in [0.05, 0.1) is 12.7 Å². The lowest BCUT2D eigenvalue weighted by molar-refractivity contribution is 0.302. The summed E-state index contributed by atoms with van der Waals surface area (Å²) in [6.07, 6.45) is 0. The lowest BCUT2D eigenvalue weighted by Crippen LogP contribution is -2.15. The summed E-state index contributed by atoms with van der Waals surface area (Å²) < 4.78 is 10.9. The fraction of sp³-hybridized carbons (Fsp3) is 0.133. The number of rotatable bonds is 5. The first kappa shape index (κ1) is 15.0. The van der Waals surface area contributed by atoms with Crippen molar-refractivity contribution in [3.63, 3.8) is 0 Å². The average Bonchev–Trinajstić information content (AvgIpc) is 2.53. The summed E-state index contributed by atoms with van der Waals surface area (Å²) >= 11 is 5.91. The number of nitrogens with zero attached hydrogens (tertiary/aromatic N) is 1. The van der Waals surface area contributed by atoms with Gasteiger partial charge in [-0.2, -0.15) is 0 Å². The van der Waals surface area contributed by atoms with E-state index < -0.39 is 0 Å². The highest BCUT2D eigenvalue weighted by atomic mass is 35.5. The van der Waals surface area contributed by atoms with Crippen molar-refractivity contribution in [2.24, 2.45) is 10.9 Å². The van der Waals surface area contributed by atoms with Gasteiger partial charge in [0.1, 0.15) is 18.1 Å². The molecule has 6 heteroatoms. The molecule has 2 aromatic carbocycles. The zero-order valence-corrected chi connectivity index (χ0v) is 12.2. The highest BCUT2D eigenvalue weighted by Gasteiger charge is 2.10. The van der Waals surface area contributed by atoms with E-state index in [1.54, 1.807) is 25.3 Å². The van der Waals surface area contributed by atoms with Gasteiger partial charge in [-0.1, -0.05) is 28.9 Å². The molecule has 0 fully saturated rings. The van der Waals surface area contributed by atoms with Crippen LogP contribution in [0, 0.1) is 0 Å². The molecule has 0 unspecified atom stereocenters. The highest BCUT2D eigenvalue weighted by molar-refractivity contribution is 6.31. The van der Waals surface area contributed by atoms with Crippen LogP contribution in [-0.2, 0) is 6.61 Å². The van der Waals surface area contributed by atoms with Gasteiger partial charge >= 0.3 is 0 Å². The van der Waals surface area contributed by atoms with Gasteiger partial charge in [0.15, 0.2) is 5.84 Å². The Labute approximate surface area is 127 Å². The van der Waals surface area contributed by atoms with Crippen LogP contribution in [0.3, 0.4) is 0 Å². The van der Waals surface area contributed by atoms with Gasteiger partial charge in [0, 0.05) is 5.02 Å². The number of halogens is 1. The smallest absolute Gasteiger partial charge is 0.173 e. The van der Waals surface area contributed by atoms with Crippen molar-refractivity contribution in [3.8, 4) is 11.5 Å². The Bertz CT molecular complexity index is 659. The molecule has 21 heavy (non-hydrogen) atoms. The molecule has 3 N–H and O–H groups in total. The molecule has 2 rings (SSSR count). The Balaban J connectivity index is 2.19. The number of oxime groups is 1. The van der Waals surface area contributed by atoms with Gasteiger partial charge in [-0.05, 0) is 35.9 Å². The number of amidine groups is 1. The van der Waals surface area contributed by atoms with Crippen molar-refractivity contribution in [2.45, 2.75) is 6.61 Å². The quantitative estimate of drug-likeness (QED) is 0.385. The van der Waals surface area contributed by atoms with Crippen LogP contribution in [0.1, 0.15) is 11.1 Å². The number of ether oxygens (including phenoxy) is 2. The van der Waals surface area contributed by atoms with Crippen LogP contribution in [0.2, 0.25) is 5.02 Å². The van der Waals surface area contributed by atoms with Crippen LogP contribution in [0.25, 0.3) is 0 Å². The minimum atomic E-state index is -0.0573. The van der Waals surface area contributed by atoms with Crippen LogP contribution in [0.4, 0.5) is 0 Å². The Morgan fingerprint density at radius 1 is 1.29 bits per heavy atom. The Morgan fingerprint density at radius 3 is 2.81 bits per heavy atom. The molecule has 5 nitrogen and oxygen atoms in total. The largest absolute Gasteiger partial charge is 0.497 e. The maximum atomic E-state index is 8.80. The van der Waals surface area contributed by atoms with Crippen LogP contribution in [0.5, 0.6) is 11.5 Å². The van der Waals surface area contributed by atoms with E-state index in [0.717, 1.165) is 11.3 Å². The van der Waals surface area contributed by atoms with E-state index in [2.05, 4.69) is 5.16 Å². The summed E-state index contributed by atoms with van der Waals surface area (Å²) in [6.45, 7) is 0.324. The Kier molecular flexibility index (Phi) is 4.90. The third kappa shape index (κ3) is 3.79. The minimum Gasteiger partial charge on any atom is -0.497 e. The molecular formula is C15H15ClN2O3. The molecule has 0 amide bonds. The van der Waals surface area contributed by atoms with Crippen LogP contribution < -0.4 is 15.2 Å². The second-order valence-corrected chi connectivity index (χ2v) is 4.70. The molecule has 110 valence electrons.